The third-order valence-corrected chi connectivity index (χ3v) is 4.38. The van der Waals surface area contributed by atoms with Gasteiger partial charge in [0.1, 0.15) is 12.4 Å². The van der Waals surface area contributed by atoms with Crippen molar-refractivity contribution in [3.63, 3.8) is 0 Å². The number of carbonyl (C=O) groups is 2. The van der Waals surface area contributed by atoms with E-state index in [1.807, 2.05) is 0 Å². The van der Waals surface area contributed by atoms with Crippen molar-refractivity contribution >= 4 is 12.1 Å². The number of nitrogens with zero attached hydrogens (tertiary/aromatic N) is 1. The van der Waals surface area contributed by atoms with Crippen LogP contribution in [0.2, 0.25) is 0 Å². The van der Waals surface area contributed by atoms with E-state index in [-0.39, 0.29) is 41.8 Å². The highest BCUT2D eigenvalue weighted by Crippen LogP contribution is 2.21. The van der Waals surface area contributed by atoms with Gasteiger partial charge in [-0.2, -0.15) is 0 Å². The van der Waals surface area contributed by atoms with Gasteiger partial charge in [0.05, 0.1) is 12.2 Å². The minimum atomic E-state index is -0.347. The number of carbonyl (C=O) groups excluding carboxylic acids is 2. The molecule has 7 heteroatoms. The Morgan fingerprint density at radius 3 is 3.00 bits per heavy atom. The Kier molecular flexibility index (Phi) is 6.25. The summed E-state index contributed by atoms with van der Waals surface area (Å²) in [6.45, 7) is 1.53. The summed E-state index contributed by atoms with van der Waals surface area (Å²) in [6.07, 6.45) is 2.51. The summed E-state index contributed by atoms with van der Waals surface area (Å²) in [7, 11) is 0. The van der Waals surface area contributed by atoms with Crippen LogP contribution in [0.3, 0.4) is 0 Å². The van der Waals surface area contributed by atoms with E-state index < -0.39 is 0 Å². The third-order valence-electron chi connectivity index (χ3n) is 4.38. The van der Waals surface area contributed by atoms with Crippen LogP contribution in [0.25, 0.3) is 0 Å². The first-order valence-corrected chi connectivity index (χ1v) is 8.54. The molecule has 1 aliphatic rings. The molecule has 138 valence electrons. The summed E-state index contributed by atoms with van der Waals surface area (Å²) in [4.78, 5) is 23.7. The van der Waals surface area contributed by atoms with Gasteiger partial charge >= 0.3 is 0 Å². The average Bonchev–Trinajstić information content (AvgIpc) is 3.29. The number of hydrogen-bond acceptors (Lipinski definition) is 6. The van der Waals surface area contributed by atoms with E-state index in [1.54, 1.807) is 12.1 Å². The molecule has 26 heavy (non-hydrogen) atoms. The van der Waals surface area contributed by atoms with E-state index in [0.717, 1.165) is 13.0 Å². The lowest BCUT2D eigenvalue weighted by Gasteiger charge is -2.05. The molecule has 1 atom stereocenters. The Bertz CT molecular complexity index is 767. The highest BCUT2D eigenvalue weighted by atomic mass is 19.1. The second kappa shape index (κ2) is 8.82. The SMILES string of the molecule is O=Cc1c(C(=O)CCC2CCOC2)noc1COCc1cccc(F)c1. The Labute approximate surface area is 150 Å². The van der Waals surface area contributed by atoms with Crippen LogP contribution < -0.4 is 0 Å². The van der Waals surface area contributed by atoms with Gasteiger partial charge in [-0.3, -0.25) is 9.59 Å². The molecule has 2 aromatic rings. The number of ketones is 1. The van der Waals surface area contributed by atoms with Gasteiger partial charge in [-0.1, -0.05) is 17.3 Å². The van der Waals surface area contributed by atoms with Crippen molar-refractivity contribution in [1.29, 1.82) is 0 Å². The Morgan fingerprint density at radius 1 is 1.38 bits per heavy atom. The predicted octanol–water partition coefficient (Wildman–Crippen LogP) is 3.34. The quantitative estimate of drug-likeness (QED) is 0.503. The normalized spacial score (nSPS) is 16.7. The molecule has 0 radical (unpaired) electrons. The van der Waals surface area contributed by atoms with Gasteiger partial charge in [0.2, 0.25) is 0 Å². The fraction of sp³-hybridized carbons (Fsp3) is 0.421. The number of halogens is 1. The van der Waals surface area contributed by atoms with E-state index in [0.29, 0.717) is 37.2 Å². The van der Waals surface area contributed by atoms with Crippen molar-refractivity contribution in [3.05, 3.63) is 52.7 Å². The zero-order chi connectivity index (χ0) is 18.4. The molecule has 3 rings (SSSR count). The molecule has 0 saturated carbocycles. The number of hydrogen-bond donors (Lipinski definition) is 0. The summed E-state index contributed by atoms with van der Waals surface area (Å²) in [6, 6.07) is 6.03. The zero-order valence-corrected chi connectivity index (χ0v) is 14.3. The van der Waals surface area contributed by atoms with Gasteiger partial charge in [-0.05, 0) is 36.5 Å². The van der Waals surface area contributed by atoms with Crippen LogP contribution in [0.15, 0.2) is 28.8 Å². The van der Waals surface area contributed by atoms with Crippen molar-refractivity contribution in [3.8, 4) is 0 Å². The molecule has 0 aliphatic carbocycles. The van der Waals surface area contributed by atoms with Gasteiger partial charge in [0, 0.05) is 19.6 Å². The molecular formula is C19H20FNO5. The first-order chi connectivity index (χ1) is 12.7. The smallest absolute Gasteiger partial charge is 0.185 e. The molecule has 0 bridgehead atoms. The number of Topliss-reactive ketones (excluding diaryl/α,β-unsaturated/α-hetero) is 1. The number of ether oxygens (including phenoxy) is 2. The van der Waals surface area contributed by atoms with Crippen LogP contribution in [0.1, 0.15) is 51.4 Å². The van der Waals surface area contributed by atoms with Crippen molar-refractivity contribution in [1.82, 2.24) is 5.16 Å². The lowest BCUT2D eigenvalue weighted by atomic mass is 9.99. The highest BCUT2D eigenvalue weighted by Gasteiger charge is 2.23. The molecule has 1 aliphatic heterocycles. The maximum Gasteiger partial charge on any atom is 0.185 e. The van der Waals surface area contributed by atoms with Crippen molar-refractivity contribution in [2.24, 2.45) is 5.92 Å². The fourth-order valence-electron chi connectivity index (χ4n) is 2.91. The third kappa shape index (κ3) is 4.62. The number of benzene rings is 1. The van der Waals surface area contributed by atoms with Crippen LogP contribution in [0.4, 0.5) is 4.39 Å². The molecular weight excluding hydrogens is 341 g/mol. The highest BCUT2D eigenvalue weighted by molar-refractivity contribution is 6.01. The van der Waals surface area contributed by atoms with Gasteiger partial charge in [-0.15, -0.1) is 0 Å². The van der Waals surface area contributed by atoms with E-state index >= 15 is 0 Å². The second-order valence-corrected chi connectivity index (χ2v) is 6.30. The average molecular weight is 361 g/mol. The lowest BCUT2D eigenvalue weighted by molar-refractivity contribution is 0.0865. The molecule has 6 nitrogen and oxygen atoms in total. The van der Waals surface area contributed by atoms with Crippen LogP contribution in [0, 0.1) is 11.7 Å². The van der Waals surface area contributed by atoms with Crippen molar-refractivity contribution in [2.75, 3.05) is 13.2 Å². The monoisotopic (exact) mass is 361 g/mol. The summed E-state index contributed by atoms with van der Waals surface area (Å²) in [5.41, 5.74) is 0.826. The number of aromatic nitrogens is 1. The molecule has 0 spiro atoms. The minimum Gasteiger partial charge on any atom is -0.381 e. The summed E-state index contributed by atoms with van der Waals surface area (Å²) >= 11 is 0. The van der Waals surface area contributed by atoms with E-state index in [4.69, 9.17) is 14.0 Å². The van der Waals surface area contributed by atoms with E-state index in [9.17, 15) is 14.0 Å². The predicted molar refractivity (Wildman–Crippen MR) is 89.3 cm³/mol. The van der Waals surface area contributed by atoms with Crippen LogP contribution in [-0.4, -0.2) is 30.4 Å². The fourth-order valence-corrected chi connectivity index (χ4v) is 2.91. The molecule has 1 saturated heterocycles. The van der Waals surface area contributed by atoms with Gasteiger partial charge < -0.3 is 14.0 Å². The first kappa shape index (κ1) is 18.4. The summed E-state index contributed by atoms with van der Waals surface area (Å²) < 4.78 is 29.0. The molecule has 1 aromatic heterocycles. The standard InChI is InChI=1S/C19H20FNO5/c20-15-3-1-2-14(8-15)11-25-12-18-16(9-22)19(21-26-18)17(23)5-4-13-6-7-24-10-13/h1-3,8-9,13H,4-7,10-12H2. The maximum atomic E-state index is 13.1. The van der Waals surface area contributed by atoms with Crippen LogP contribution in [0.5, 0.6) is 0 Å². The van der Waals surface area contributed by atoms with Crippen LogP contribution >= 0.6 is 0 Å². The van der Waals surface area contributed by atoms with E-state index in [1.165, 1.54) is 12.1 Å². The number of rotatable bonds is 9. The van der Waals surface area contributed by atoms with E-state index in [2.05, 4.69) is 5.16 Å². The molecule has 0 amide bonds. The van der Waals surface area contributed by atoms with Gasteiger partial charge in [0.25, 0.3) is 0 Å². The lowest BCUT2D eigenvalue weighted by Crippen LogP contribution is -2.08. The molecule has 1 aromatic carbocycles. The Morgan fingerprint density at radius 2 is 2.27 bits per heavy atom. The second-order valence-electron chi connectivity index (χ2n) is 6.30. The zero-order valence-electron chi connectivity index (χ0n) is 14.3. The summed E-state index contributed by atoms with van der Waals surface area (Å²) in [5.74, 6) is 0.00239. The van der Waals surface area contributed by atoms with Gasteiger partial charge in [0.15, 0.2) is 23.5 Å². The molecule has 0 N–H and O–H groups in total. The molecule has 2 heterocycles. The molecule has 1 fully saturated rings. The summed E-state index contributed by atoms with van der Waals surface area (Å²) in [5, 5.41) is 3.74. The maximum absolute atomic E-state index is 13.1. The number of aldehydes is 1. The van der Waals surface area contributed by atoms with Crippen molar-refractivity contribution in [2.45, 2.75) is 32.5 Å². The minimum absolute atomic E-state index is 0.0265. The Hall–Kier alpha value is -2.38. The molecule has 1 unspecified atom stereocenters. The Balaban J connectivity index is 1.56. The van der Waals surface area contributed by atoms with Crippen molar-refractivity contribution < 1.29 is 28.0 Å². The largest absolute Gasteiger partial charge is 0.381 e. The van der Waals surface area contributed by atoms with Gasteiger partial charge in [-0.25, -0.2) is 4.39 Å². The topological polar surface area (TPSA) is 78.6 Å². The van der Waals surface area contributed by atoms with Crippen LogP contribution in [-0.2, 0) is 22.7 Å². The first-order valence-electron chi connectivity index (χ1n) is 8.54.